The zero-order chi connectivity index (χ0) is 23.0. The first-order valence-electron chi connectivity index (χ1n) is 9.38. The highest BCUT2D eigenvalue weighted by Crippen LogP contribution is 2.40. The third kappa shape index (κ3) is 5.50. The first-order chi connectivity index (χ1) is 14.9. The fourth-order valence-corrected chi connectivity index (χ4v) is 2.86. The van der Waals surface area contributed by atoms with Crippen LogP contribution in [-0.4, -0.2) is 53.5 Å². The smallest absolute Gasteiger partial charge is 0.342 e. The molecule has 0 aliphatic rings. The van der Waals surface area contributed by atoms with Crippen LogP contribution in [0.2, 0.25) is 0 Å². The van der Waals surface area contributed by atoms with Crippen molar-refractivity contribution >= 4 is 11.9 Å². The number of hydrogen-bond donors (Lipinski definition) is 1. The van der Waals surface area contributed by atoms with E-state index in [4.69, 9.17) is 28.4 Å². The number of hydrogen-bond acceptors (Lipinski definition) is 8. The van der Waals surface area contributed by atoms with Crippen molar-refractivity contribution in [3.63, 3.8) is 0 Å². The normalized spacial score (nSPS) is 11.2. The van der Waals surface area contributed by atoms with E-state index in [0.717, 1.165) is 5.56 Å². The minimum absolute atomic E-state index is 0.111. The Morgan fingerprint density at radius 3 is 2.00 bits per heavy atom. The molecule has 0 aliphatic heterocycles. The monoisotopic (exact) mass is 433 g/mol. The summed E-state index contributed by atoms with van der Waals surface area (Å²) in [5.74, 6) is 0.763. The molecule has 2 aromatic rings. The lowest BCUT2D eigenvalue weighted by atomic mass is 10.1. The van der Waals surface area contributed by atoms with Crippen molar-refractivity contribution in [2.24, 2.45) is 0 Å². The Bertz CT molecular complexity index is 928. The van der Waals surface area contributed by atoms with Crippen molar-refractivity contribution in [3.8, 4) is 28.7 Å². The molecule has 1 amide bonds. The zero-order valence-corrected chi connectivity index (χ0v) is 18.4. The number of carbonyl (C=O) groups excluding carboxylic acids is 2. The molecule has 1 N–H and O–H groups in total. The van der Waals surface area contributed by atoms with Gasteiger partial charge in [0.05, 0.1) is 35.5 Å². The summed E-state index contributed by atoms with van der Waals surface area (Å²) >= 11 is 0. The number of benzene rings is 2. The van der Waals surface area contributed by atoms with Gasteiger partial charge in [0.15, 0.2) is 29.1 Å². The Morgan fingerprint density at radius 2 is 1.42 bits per heavy atom. The summed E-state index contributed by atoms with van der Waals surface area (Å²) in [4.78, 5) is 25.0. The second-order valence-electron chi connectivity index (χ2n) is 6.34. The zero-order valence-electron chi connectivity index (χ0n) is 18.4. The third-order valence-electron chi connectivity index (χ3n) is 4.49. The SMILES string of the molecule is COc1ccc(CNC(=O)C(C)OC(=O)c2ccc(OC)c(OC)c2OC)cc1OC. The summed E-state index contributed by atoms with van der Waals surface area (Å²) in [6.45, 7) is 1.70. The van der Waals surface area contributed by atoms with Crippen LogP contribution in [0.25, 0.3) is 0 Å². The highest BCUT2D eigenvalue weighted by Gasteiger charge is 2.25. The van der Waals surface area contributed by atoms with Crippen LogP contribution in [0.5, 0.6) is 28.7 Å². The summed E-state index contributed by atoms with van der Waals surface area (Å²) in [6.07, 6.45) is -1.04. The summed E-state index contributed by atoms with van der Waals surface area (Å²) in [5.41, 5.74) is 0.908. The molecule has 1 unspecified atom stereocenters. The van der Waals surface area contributed by atoms with Crippen LogP contribution in [0, 0.1) is 0 Å². The molecule has 0 radical (unpaired) electrons. The van der Waals surface area contributed by atoms with E-state index >= 15 is 0 Å². The molecule has 168 valence electrons. The molecule has 0 saturated heterocycles. The van der Waals surface area contributed by atoms with E-state index in [9.17, 15) is 9.59 Å². The van der Waals surface area contributed by atoms with Gasteiger partial charge >= 0.3 is 5.97 Å². The van der Waals surface area contributed by atoms with Gasteiger partial charge in [-0.05, 0) is 36.8 Å². The largest absolute Gasteiger partial charge is 0.493 e. The lowest BCUT2D eigenvalue weighted by Gasteiger charge is -2.17. The molecule has 0 fully saturated rings. The molecular formula is C22H27NO8. The second-order valence-corrected chi connectivity index (χ2v) is 6.34. The van der Waals surface area contributed by atoms with Crippen LogP contribution in [0.1, 0.15) is 22.8 Å². The summed E-state index contributed by atoms with van der Waals surface area (Å²) < 4.78 is 31.5. The first kappa shape index (κ1) is 23.7. The van der Waals surface area contributed by atoms with Crippen LogP contribution in [-0.2, 0) is 16.1 Å². The summed E-state index contributed by atoms with van der Waals surface area (Å²) in [6, 6.07) is 8.33. The number of esters is 1. The van der Waals surface area contributed by atoms with Crippen molar-refractivity contribution in [2.45, 2.75) is 19.6 Å². The molecular weight excluding hydrogens is 406 g/mol. The van der Waals surface area contributed by atoms with Crippen LogP contribution in [0.3, 0.4) is 0 Å². The first-order valence-corrected chi connectivity index (χ1v) is 9.38. The number of nitrogens with one attached hydrogen (secondary N) is 1. The summed E-state index contributed by atoms with van der Waals surface area (Å²) in [7, 11) is 7.38. The van der Waals surface area contributed by atoms with Crippen molar-refractivity contribution < 1.29 is 38.0 Å². The second kappa shape index (κ2) is 11.0. The molecule has 0 aromatic heterocycles. The predicted octanol–water partition coefficient (Wildman–Crippen LogP) is 2.59. The summed E-state index contributed by atoms with van der Waals surface area (Å²) in [5, 5.41) is 2.73. The van der Waals surface area contributed by atoms with E-state index in [1.165, 1.54) is 41.4 Å². The Balaban J connectivity index is 2.05. The van der Waals surface area contributed by atoms with Crippen molar-refractivity contribution in [1.29, 1.82) is 0 Å². The van der Waals surface area contributed by atoms with E-state index in [2.05, 4.69) is 5.32 Å². The number of methoxy groups -OCH3 is 5. The van der Waals surface area contributed by atoms with E-state index in [1.54, 1.807) is 31.4 Å². The molecule has 2 rings (SSSR count). The van der Waals surface area contributed by atoms with Gasteiger partial charge in [0, 0.05) is 6.54 Å². The quantitative estimate of drug-likeness (QED) is 0.571. The van der Waals surface area contributed by atoms with Gasteiger partial charge in [-0.1, -0.05) is 6.07 Å². The van der Waals surface area contributed by atoms with Gasteiger partial charge < -0.3 is 33.7 Å². The van der Waals surface area contributed by atoms with Crippen molar-refractivity contribution in [3.05, 3.63) is 41.5 Å². The lowest BCUT2D eigenvalue weighted by Crippen LogP contribution is -2.35. The van der Waals surface area contributed by atoms with Gasteiger partial charge in [0.1, 0.15) is 5.56 Å². The maximum atomic E-state index is 12.6. The topological polar surface area (TPSA) is 102 Å². The lowest BCUT2D eigenvalue weighted by molar-refractivity contribution is -0.129. The fraction of sp³-hybridized carbons (Fsp3) is 0.364. The number of rotatable bonds is 10. The third-order valence-corrected chi connectivity index (χ3v) is 4.49. The van der Waals surface area contributed by atoms with Gasteiger partial charge in [-0.2, -0.15) is 0 Å². The Labute approximate surface area is 181 Å². The number of amides is 1. The molecule has 0 spiro atoms. The fourth-order valence-electron chi connectivity index (χ4n) is 2.86. The highest BCUT2D eigenvalue weighted by atomic mass is 16.6. The molecule has 0 bridgehead atoms. The molecule has 0 saturated carbocycles. The minimum atomic E-state index is -1.04. The Morgan fingerprint density at radius 1 is 0.806 bits per heavy atom. The molecule has 9 nitrogen and oxygen atoms in total. The van der Waals surface area contributed by atoms with Crippen LogP contribution in [0.15, 0.2) is 30.3 Å². The molecule has 9 heteroatoms. The molecule has 2 aromatic carbocycles. The molecule has 31 heavy (non-hydrogen) atoms. The van der Waals surface area contributed by atoms with Crippen LogP contribution >= 0.6 is 0 Å². The molecule has 0 heterocycles. The highest BCUT2D eigenvalue weighted by molar-refractivity contribution is 5.96. The van der Waals surface area contributed by atoms with Gasteiger partial charge in [-0.25, -0.2) is 4.79 Å². The van der Waals surface area contributed by atoms with Crippen molar-refractivity contribution in [2.75, 3.05) is 35.5 Å². The van der Waals surface area contributed by atoms with E-state index in [1.807, 2.05) is 0 Å². The average molecular weight is 433 g/mol. The maximum Gasteiger partial charge on any atom is 0.342 e. The molecule has 0 aliphatic carbocycles. The maximum absolute atomic E-state index is 12.6. The van der Waals surface area contributed by atoms with E-state index < -0.39 is 18.0 Å². The van der Waals surface area contributed by atoms with Crippen LogP contribution in [0.4, 0.5) is 0 Å². The van der Waals surface area contributed by atoms with E-state index in [-0.39, 0.29) is 23.6 Å². The number of ether oxygens (including phenoxy) is 6. The van der Waals surface area contributed by atoms with E-state index in [0.29, 0.717) is 17.2 Å². The standard InChI is InChI=1S/C22H27NO8/c1-13(21(24)23-12-14-7-9-16(26-2)18(11-14)28-4)31-22(25)15-8-10-17(27-3)20(30-6)19(15)29-5/h7-11,13H,12H2,1-6H3,(H,23,24). The predicted molar refractivity (Wildman–Crippen MR) is 112 cm³/mol. The van der Waals surface area contributed by atoms with Gasteiger partial charge in [-0.15, -0.1) is 0 Å². The number of carbonyl (C=O) groups is 2. The van der Waals surface area contributed by atoms with Crippen molar-refractivity contribution in [1.82, 2.24) is 5.32 Å². The Kier molecular flexibility index (Phi) is 8.36. The van der Waals surface area contributed by atoms with Gasteiger partial charge in [0.25, 0.3) is 5.91 Å². The van der Waals surface area contributed by atoms with Gasteiger partial charge in [0.2, 0.25) is 5.75 Å². The van der Waals surface area contributed by atoms with Crippen LogP contribution < -0.4 is 29.0 Å². The average Bonchev–Trinajstić information content (AvgIpc) is 2.80. The minimum Gasteiger partial charge on any atom is -0.493 e. The molecule has 1 atom stereocenters. The Hall–Kier alpha value is -3.62. The van der Waals surface area contributed by atoms with Gasteiger partial charge in [-0.3, -0.25) is 4.79 Å².